The Hall–Kier alpha value is -2.19. The van der Waals surface area contributed by atoms with E-state index in [0.29, 0.717) is 18.5 Å². The van der Waals surface area contributed by atoms with Crippen LogP contribution in [0.15, 0.2) is 41.8 Å². The van der Waals surface area contributed by atoms with Gasteiger partial charge in [-0.05, 0) is 49.9 Å². The summed E-state index contributed by atoms with van der Waals surface area (Å²) < 4.78 is 26.5. The molecular weight excluding hydrogens is 356 g/mol. The summed E-state index contributed by atoms with van der Waals surface area (Å²) in [6.07, 6.45) is 4.55. The van der Waals surface area contributed by atoms with E-state index in [2.05, 4.69) is 11.3 Å². The molecule has 1 unspecified atom stereocenters. The van der Waals surface area contributed by atoms with Gasteiger partial charge in [-0.25, -0.2) is 13.1 Å². The molecule has 1 fully saturated rings. The Bertz CT molecular complexity index is 758. The van der Waals surface area contributed by atoms with Crippen LogP contribution < -0.4 is 4.72 Å². The summed E-state index contributed by atoms with van der Waals surface area (Å²) in [5.41, 5.74) is 0.398. The predicted octanol–water partition coefficient (Wildman–Crippen LogP) is 2.01. The number of rotatable bonds is 8. The zero-order valence-electron chi connectivity index (χ0n) is 14.6. The lowest BCUT2D eigenvalue weighted by atomic mass is 9.97. The smallest absolute Gasteiger partial charge is 0.303 e. The minimum atomic E-state index is -3.63. The Balaban J connectivity index is 2.12. The Morgan fingerprint density at radius 2 is 1.96 bits per heavy atom. The average molecular weight is 380 g/mol. The second-order valence-corrected chi connectivity index (χ2v) is 8.01. The van der Waals surface area contributed by atoms with Crippen LogP contribution >= 0.6 is 0 Å². The molecule has 1 heterocycles. The average Bonchev–Trinajstić information content (AvgIpc) is 2.64. The Morgan fingerprint density at radius 3 is 2.58 bits per heavy atom. The van der Waals surface area contributed by atoms with Crippen LogP contribution in [0.25, 0.3) is 0 Å². The predicted molar refractivity (Wildman–Crippen MR) is 97.4 cm³/mol. The van der Waals surface area contributed by atoms with Crippen LogP contribution in [0.1, 0.15) is 42.5 Å². The topological polar surface area (TPSA) is 104 Å². The number of nitrogens with zero attached hydrogens (tertiary/aromatic N) is 1. The van der Waals surface area contributed by atoms with Crippen molar-refractivity contribution >= 4 is 21.9 Å². The molecule has 0 radical (unpaired) electrons. The van der Waals surface area contributed by atoms with E-state index in [9.17, 15) is 18.0 Å². The number of aliphatic carboxylic acids is 1. The molecule has 1 aliphatic rings. The van der Waals surface area contributed by atoms with E-state index in [4.69, 9.17) is 5.11 Å². The summed E-state index contributed by atoms with van der Waals surface area (Å²) in [5, 5.41) is 8.88. The summed E-state index contributed by atoms with van der Waals surface area (Å²) in [6.45, 7) is 4.18. The minimum Gasteiger partial charge on any atom is -0.481 e. The molecule has 1 aromatic rings. The van der Waals surface area contributed by atoms with E-state index in [1.54, 1.807) is 4.90 Å². The van der Waals surface area contributed by atoms with Crippen LogP contribution in [0.5, 0.6) is 0 Å². The van der Waals surface area contributed by atoms with Crippen molar-refractivity contribution in [3.05, 3.63) is 42.5 Å². The third-order valence-corrected chi connectivity index (χ3v) is 5.85. The highest BCUT2D eigenvalue weighted by atomic mass is 32.2. The van der Waals surface area contributed by atoms with Gasteiger partial charge in [0.25, 0.3) is 5.91 Å². The van der Waals surface area contributed by atoms with Crippen LogP contribution in [0.2, 0.25) is 0 Å². The fraction of sp³-hybridized carbons (Fsp3) is 0.444. The second kappa shape index (κ2) is 8.95. The first-order chi connectivity index (χ1) is 12.3. The first kappa shape index (κ1) is 20.1. The molecule has 0 spiro atoms. The van der Waals surface area contributed by atoms with Gasteiger partial charge >= 0.3 is 5.97 Å². The van der Waals surface area contributed by atoms with Crippen molar-refractivity contribution in [2.45, 2.75) is 43.0 Å². The number of nitrogens with one attached hydrogen (secondary N) is 1. The van der Waals surface area contributed by atoms with Gasteiger partial charge in [0.15, 0.2) is 0 Å². The molecule has 0 bridgehead atoms. The van der Waals surface area contributed by atoms with Crippen LogP contribution in [0.3, 0.4) is 0 Å². The Morgan fingerprint density at radius 1 is 1.27 bits per heavy atom. The maximum atomic E-state index is 12.8. The highest BCUT2D eigenvalue weighted by Gasteiger charge is 2.28. The van der Waals surface area contributed by atoms with Gasteiger partial charge in [-0.1, -0.05) is 6.08 Å². The third-order valence-electron chi connectivity index (χ3n) is 4.41. The first-order valence-corrected chi connectivity index (χ1v) is 10.1. The number of benzene rings is 1. The minimum absolute atomic E-state index is 0.0284. The molecule has 26 heavy (non-hydrogen) atoms. The summed E-state index contributed by atoms with van der Waals surface area (Å²) in [4.78, 5) is 25.4. The molecule has 0 saturated carbocycles. The summed E-state index contributed by atoms with van der Waals surface area (Å²) in [5.74, 6) is -1.06. The molecule has 142 valence electrons. The zero-order valence-corrected chi connectivity index (χ0v) is 15.4. The number of likely N-dealkylation sites (tertiary alicyclic amines) is 1. The fourth-order valence-electron chi connectivity index (χ4n) is 3.05. The van der Waals surface area contributed by atoms with Gasteiger partial charge in [0.05, 0.1) is 4.90 Å². The number of hydrogen-bond donors (Lipinski definition) is 2. The number of carboxylic acids is 1. The number of sulfonamides is 1. The largest absolute Gasteiger partial charge is 0.481 e. The summed E-state index contributed by atoms with van der Waals surface area (Å²) in [6, 6.07) is 5.69. The summed E-state index contributed by atoms with van der Waals surface area (Å²) in [7, 11) is -3.63. The van der Waals surface area contributed by atoms with Crippen molar-refractivity contribution in [1.29, 1.82) is 0 Å². The van der Waals surface area contributed by atoms with Crippen LogP contribution in [0, 0.1) is 0 Å². The van der Waals surface area contributed by atoms with Crippen molar-refractivity contribution in [1.82, 2.24) is 9.62 Å². The molecule has 1 aliphatic heterocycles. The SMILES string of the molecule is C=CCNS(=O)(=O)c1ccc(C(=O)N2CCCCC2CCC(=O)O)cc1. The van der Waals surface area contributed by atoms with E-state index in [0.717, 1.165) is 19.3 Å². The Kier molecular flexibility index (Phi) is 6.93. The monoisotopic (exact) mass is 380 g/mol. The molecule has 8 heteroatoms. The highest BCUT2D eigenvalue weighted by molar-refractivity contribution is 7.89. The van der Waals surface area contributed by atoms with Gasteiger partial charge in [-0.3, -0.25) is 9.59 Å². The number of carbonyl (C=O) groups is 2. The lowest BCUT2D eigenvalue weighted by Gasteiger charge is -2.35. The van der Waals surface area contributed by atoms with E-state index >= 15 is 0 Å². The van der Waals surface area contributed by atoms with Crippen molar-refractivity contribution in [2.75, 3.05) is 13.1 Å². The molecular formula is C18H24N2O5S. The molecule has 2 N–H and O–H groups in total. The molecule has 0 aliphatic carbocycles. The quantitative estimate of drug-likeness (QED) is 0.672. The zero-order chi connectivity index (χ0) is 19.2. The van der Waals surface area contributed by atoms with Gasteiger partial charge in [0, 0.05) is 31.1 Å². The number of hydrogen-bond acceptors (Lipinski definition) is 4. The number of carbonyl (C=O) groups excluding carboxylic acids is 1. The number of carboxylic acid groups (broad SMARTS) is 1. The van der Waals surface area contributed by atoms with Gasteiger partial charge in [-0.15, -0.1) is 6.58 Å². The molecule has 1 saturated heterocycles. The molecule has 1 aromatic carbocycles. The van der Waals surface area contributed by atoms with Crippen molar-refractivity contribution < 1.29 is 23.1 Å². The standard InChI is InChI=1S/C18H24N2O5S/c1-2-12-19-26(24,25)16-9-6-14(7-10-16)18(23)20-13-4-3-5-15(20)8-11-17(21)22/h2,6-7,9-10,15,19H,1,3-5,8,11-13H2,(H,21,22). The molecule has 2 rings (SSSR count). The normalized spacial score (nSPS) is 17.7. The van der Waals surface area contributed by atoms with E-state index in [1.165, 1.54) is 30.3 Å². The van der Waals surface area contributed by atoms with Gasteiger partial charge in [0.1, 0.15) is 0 Å². The lowest BCUT2D eigenvalue weighted by molar-refractivity contribution is -0.137. The fourth-order valence-corrected chi connectivity index (χ4v) is 4.05. The number of piperidine rings is 1. The lowest BCUT2D eigenvalue weighted by Crippen LogP contribution is -2.44. The molecule has 7 nitrogen and oxygen atoms in total. The first-order valence-electron chi connectivity index (χ1n) is 8.58. The van der Waals surface area contributed by atoms with Crippen LogP contribution in [-0.2, 0) is 14.8 Å². The van der Waals surface area contributed by atoms with Crippen molar-refractivity contribution in [3.63, 3.8) is 0 Å². The summed E-state index contributed by atoms with van der Waals surface area (Å²) >= 11 is 0. The van der Waals surface area contributed by atoms with E-state index in [-0.39, 0.29) is 29.8 Å². The van der Waals surface area contributed by atoms with E-state index in [1.807, 2.05) is 0 Å². The maximum Gasteiger partial charge on any atom is 0.303 e. The highest BCUT2D eigenvalue weighted by Crippen LogP contribution is 2.23. The Labute approximate surface area is 153 Å². The van der Waals surface area contributed by atoms with Gasteiger partial charge in [0.2, 0.25) is 10.0 Å². The molecule has 1 amide bonds. The second-order valence-electron chi connectivity index (χ2n) is 6.25. The molecule has 0 aromatic heterocycles. The number of amides is 1. The van der Waals surface area contributed by atoms with Gasteiger partial charge in [-0.2, -0.15) is 0 Å². The van der Waals surface area contributed by atoms with Gasteiger partial charge < -0.3 is 10.0 Å². The van der Waals surface area contributed by atoms with E-state index < -0.39 is 16.0 Å². The third kappa shape index (κ3) is 5.15. The van der Waals surface area contributed by atoms with Crippen molar-refractivity contribution in [2.24, 2.45) is 0 Å². The van der Waals surface area contributed by atoms with Crippen molar-refractivity contribution in [3.8, 4) is 0 Å². The maximum absolute atomic E-state index is 12.8. The van der Waals surface area contributed by atoms with Crippen LogP contribution in [-0.4, -0.2) is 49.4 Å². The molecule has 1 atom stereocenters. The van der Waals surface area contributed by atoms with Crippen LogP contribution in [0.4, 0.5) is 0 Å².